The second kappa shape index (κ2) is 4.77. The van der Waals surface area contributed by atoms with Crippen LogP contribution in [0.3, 0.4) is 0 Å². The van der Waals surface area contributed by atoms with Crippen molar-refractivity contribution >= 4 is 12.3 Å². The first-order valence-corrected chi connectivity index (χ1v) is 2.29. The van der Waals surface area contributed by atoms with Gasteiger partial charge >= 0.3 is 5.97 Å². The standard InChI is InChI=1S/C6H6O3/c7-5-3-1-2-4-6(8)9/h1-5H,(H,8,9)/b3-1-,4-2-. The molecule has 0 heterocycles. The summed E-state index contributed by atoms with van der Waals surface area (Å²) in [6, 6.07) is 0. The number of aldehydes is 1. The van der Waals surface area contributed by atoms with E-state index in [0.29, 0.717) is 6.29 Å². The summed E-state index contributed by atoms with van der Waals surface area (Å²) >= 11 is 0. The summed E-state index contributed by atoms with van der Waals surface area (Å²) in [7, 11) is 0. The molecule has 0 bridgehead atoms. The van der Waals surface area contributed by atoms with Gasteiger partial charge in [-0.1, -0.05) is 12.2 Å². The molecule has 3 heteroatoms. The average Bonchev–Trinajstić information content (AvgIpc) is 1.80. The van der Waals surface area contributed by atoms with Gasteiger partial charge in [-0.05, 0) is 6.08 Å². The van der Waals surface area contributed by atoms with Gasteiger partial charge in [0.25, 0.3) is 0 Å². The van der Waals surface area contributed by atoms with Gasteiger partial charge in [0.2, 0.25) is 0 Å². The van der Waals surface area contributed by atoms with Crippen LogP contribution in [0.25, 0.3) is 0 Å². The zero-order chi connectivity index (χ0) is 7.11. The van der Waals surface area contributed by atoms with Crippen molar-refractivity contribution in [2.24, 2.45) is 0 Å². The van der Waals surface area contributed by atoms with Crippen molar-refractivity contribution in [1.29, 1.82) is 0 Å². The second-order valence-corrected chi connectivity index (χ2v) is 1.22. The molecule has 9 heavy (non-hydrogen) atoms. The minimum Gasteiger partial charge on any atom is -0.478 e. The quantitative estimate of drug-likeness (QED) is 0.338. The molecule has 0 amide bonds. The van der Waals surface area contributed by atoms with Crippen LogP contribution in [0.4, 0.5) is 0 Å². The SMILES string of the molecule is O=C/C=C\C=C/C(=O)O. The molecule has 0 saturated carbocycles. The Labute approximate surface area is 52.3 Å². The molecule has 0 aliphatic carbocycles. The summed E-state index contributed by atoms with van der Waals surface area (Å²) in [6.45, 7) is 0. The summed E-state index contributed by atoms with van der Waals surface area (Å²) in [4.78, 5) is 19.3. The van der Waals surface area contributed by atoms with Gasteiger partial charge in [0.15, 0.2) is 0 Å². The maximum atomic E-state index is 9.75. The first-order chi connectivity index (χ1) is 4.27. The smallest absolute Gasteiger partial charge is 0.328 e. The third-order valence-corrected chi connectivity index (χ3v) is 0.540. The molecule has 1 N–H and O–H groups in total. The fourth-order valence-electron chi connectivity index (χ4n) is 0.247. The van der Waals surface area contributed by atoms with E-state index in [-0.39, 0.29) is 0 Å². The fraction of sp³-hybridized carbons (Fsp3) is 0. The van der Waals surface area contributed by atoms with Crippen molar-refractivity contribution in [2.75, 3.05) is 0 Å². The minimum atomic E-state index is -1.02. The van der Waals surface area contributed by atoms with Gasteiger partial charge in [-0.25, -0.2) is 4.79 Å². The number of allylic oxidation sites excluding steroid dienone is 3. The Hall–Kier alpha value is -1.38. The zero-order valence-corrected chi connectivity index (χ0v) is 4.65. The summed E-state index contributed by atoms with van der Waals surface area (Å²) in [5, 5.41) is 8.00. The van der Waals surface area contributed by atoms with Crippen LogP contribution in [-0.2, 0) is 9.59 Å². The molecule has 0 aromatic heterocycles. The Balaban J connectivity index is 3.59. The molecule has 3 nitrogen and oxygen atoms in total. The van der Waals surface area contributed by atoms with Crippen LogP contribution in [0.5, 0.6) is 0 Å². The molecule has 0 aliphatic heterocycles. The van der Waals surface area contributed by atoms with Gasteiger partial charge in [0.1, 0.15) is 6.29 Å². The van der Waals surface area contributed by atoms with Crippen molar-refractivity contribution in [3.8, 4) is 0 Å². The number of carbonyl (C=O) groups is 2. The normalized spacial score (nSPS) is 10.7. The molecule has 0 unspecified atom stereocenters. The third-order valence-electron chi connectivity index (χ3n) is 0.540. The molecule has 0 rings (SSSR count). The predicted molar refractivity (Wildman–Crippen MR) is 32.0 cm³/mol. The lowest BCUT2D eigenvalue weighted by Gasteiger charge is -1.71. The van der Waals surface area contributed by atoms with E-state index in [1.807, 2.05) is 0 Å². The third kappa shape index (κ3) is 6.62. The lowest BCUT2D eigenvalue weighted by atomic mass is 10.4. The minimum absolute atomic E-state index is 0.576. The largest absolute Gasteiger partial charge is 0.478 e. The van der Waals surface area contributed by atoms with Crippen molar-refractivity contribution in [3.63, 3.8) is 0 Å². The molecule has 0 spiro atoms. The monoisotopic (exact) mass is 126 g/mol. The lowest BCUT2D eigenvalue weighted by Crippen LogP contribution is -1.84. The number of carboxylic acids is 1. The van der Waals surface area contributed by atoms with E-state index < -0.39 is 5.97 Å². The van der Waals surface area contributed by atoms with Crippen LogP contribution in [0, 0.1) is 0 Å². The number of hydrogen-bond donors (Lipinski definition) is 1. The van der Waals surface area contributed by atoms with E-state index in [4.69, 9.17) is 5.11 Å². The highest BCUT2D eigenvalue weighted by atomic mass is 16.4. The maximum Gasteiger partial charge on any atom is 0.328 e. The number of carbonyl (C=O) groups excluding carboxylic acids is 1. The second-order valence-electron chi connectivity index (χ2n) is 1.22. The molecule has 0 aromatic carbocycles. The summed E-state index contributed by atoms with van der Waals surface area (Å²) in [5.74, 6) is -1.02. The number of rotatable bonds is 3. The lowest BCUT2D eigenvalue weighted by molar-refractivity contribution is -0.131. The van der Waals surface area contributed by atoms with Gasteiger partial charge in [0.05, 0.1) is 0 Å². The highest BCUT2D eigenvalue weighted by Crippen LogP contribution is 1.73. The molecule has 0 fully saturated rings. The van der Waals surface area contributed by atoms with E-state index in [1.165, 1.54) is 18.2 Å². The molecule has 0 aliphatic rings. The van der Waals surface area contributed by atoms with Crippen LogP contribution < -0.4 is 0 Å². The van der Waals surface area contributed by atoms with E-state index in [1.54, 1.807) is 0 Å². The first kappa shape index (κ1) is 7.62. The Morgan fingerprint density at radius 1 is 1.22 bits per heavy atom. The van der Waals surface area contributed by atoms with E-state index in [0.717, 1.165) is 6.08 Å². The van der Waals surface area contributed by atoms with Crippen molar-refractivity contribution in [3.05, 3.63) is 24.3 Å². The summed E-state index contributed by atoms with van der Waals surface area (Å²) in [6.07, 6.45) is 5.35. The van der Waals surface area contributed by atoms with Gasteiger partial charge in [-0.15, -0.1) is 0 Å². The fourth-order valence-corrected chi connectivity index (χ4v) is 0.247. The first-order valence-electron chi connectivity index (χ1n) is 2.29. The Bertz CT molecular complexity index is 156. The van der Waals surface area contributed by atoms with Crippen LogP contribution in [0.1, 0.15) is 0 Å². The van der Waals surface area contributed by atoms with Crippen LogP contribution in [0.2, 0.25) is 0 Å². The highest BCUT2D eigenvalue weighted by Gasteiger charge is 1.78. The van der Waals surface area contributed by atoms with Gasteiger partial charge < -0.3 is 5.11 Å². The van der Waals surface area contributed by atoms with Crippen molar-refractivity contribution in [2.45, 2.75) is 0 Å². The van der Waals surface area contributed by atoms with Gasteiger partial charge in [0, 0.05) is 6.08 Å². The number of aliphatic carboxylic acids is 1. The molecule has 0 radical (unpaired) electrons. The van der Waals surface area contributed by atoms with Gasteiger partial charge in [-0.3, -0.25) is 4.79 Å². The molecular formula is C6H6O3. The summed E-state index contributed by atoms with van der Waals surface area (Å²) in [5.41, 5.74) is 0. The Kier molecular flexibility index (Phi) is 4.04. The Morgan fingerprint density at radius 2 is 1.89 bits per heavy atom. The van der Waals surface area contributed by atoms with Crippen molar-refractivity contribution < 1.29 is 14.7 Å². The van der Waals surface area contributed by atoms with E-state index in [2.05, 4.69) is 0 Å². The number of carboxylic acid groups (broad SMARTS) is 1. The molecular weight excluding hydrogens is 120 g/mol. The number of hydrogen-bond acceptors (Lipinski definition) is 2. The van der Waals surface area contributed by atoms with Crippen LogP contribution in [-0.4, -0.2) is 17.4 Å². The Morgan fingerprint density at radius 3 is 2.33 bits per heavy atom. The highest BCUT2D eigenvalue weighted by molar-refractivity contribution is 5.80. The van der Waals surface area contributed by atoms with Crippen LogP contribution >= 0.6 is 0 Å². The van der Waals surface area contributed by atoms with Gasteiger partial charge in [-0.2, -0.15) is 0 Å². The van der Waals surface area contributed by atoms with E-state index >= 15 is 0 Å². The predicted octanol–water partition coefficient (Wildman–Crippen LogP) is 0.382. The topological polar surface area (TPSA) is 54.4 Å². The van der Waals surface area contributed by atoms with Crippen molar-refractivity contribution in [1.82, 2.24) is 0 Å². The molecule has 48 valence electrons. The molecule has 0 saturated heterocycles. The maximum absolute atomic E-state index is 9.75. The zero-order valence-electron chi connectivity index (χ0n) is 4.65. The van der Waals surface area contributed by atoms with E-state index in [9.17, 15) is 9.59 Å². The molecule has 0 aromatic rings. The molecule has 0 atom stereocenters. The summed E-state index contributed by atoms with van der Waals surface area (Å²) < 4.78 is 0. The average molecular weight is 126 g/mol. The van der Waals surface area contributed by atoms with Crippen LogP contribution in [0.15, 0.2) is 24.3 Å².